The summed E-state index contributed by atoms with van der Waals surface area (Å²) >= 11 is 0. The van der Waals surface area contributed by atoms with E-state index >= 15 is 0 Å². The van der Waals surface area contributed by atoms with E-state index in [0.29, 0.717) is 18.7 Å². The number of aromatic carboxylic acids is 1. The second-order valence-electron chi connectivity index (χ2n) is 4.37. The number of benzene rings is 1. The van der Waals surface area contributed by atoms with Crippen LogP contribution >= 0.6 is 0 Å². The third-order valence-corrected chi connectivity index (χ3v) is 2.96. The Balaban J connectivity index is 2.69. The topological polar surface area (TPSA) is 83.6 Å². The fourth-order valence-corrected chi connectivity index (χ4v) is 1.85. The smallest absolute Gasteiger partial charge is 0.337 e. The highest BCUT2D eigenvalue weighted by molar-refractivity contribution is 6.01. The number of carbonyl (C=O) groups excluding carboxylic acids is 1. The van der Waals surface area contributed by atoms with Gasteiger partial charge in [-0.25, -0.2) is 4.79 Å². The van der Waals surface area contributed by atoms with E-state index in [2.05, 4.69) is 0 Å². The van der Waals surface area contributed by atoms with Gasteiger partial charge in [0, 0.05) is 13.5 Å². The van der Waals surface area contributed by atoms with Crippen molar-refractivity contribution >= 4 is 17.6 Å². The standard InChI is InChI=1S/C14H20N2O3/c1-16(13(17)9-3-2-6-10-15)12-8-5-4-7-11(12)14(18)19/h4-5,7-8H,2-3,6,9-10,15H2,1H3,(H,18,19). The number of anilines is 1. The average Bonchev–Trinajstić information content (AvgIpc) is 2.42. The number of carbonyl (C=O) groups is 2. The maximum absolute atomic E-state index is 12.0. The molecule has 3 N–H and O–H groups in total. The van der Waals surface area contributed by atoms with E-state index in [9.17, 15) is 9.59 Å². The lowest BCUT2D eigenvalue weighted by atomic mass is 10.1. The zero-order valence-electron chi connectivity index (χ0n) is 11.1. The van der Waals surface area contributed by atoms with Gasteiger partial charge in [0.2, 0.25) is 5.91 Å². The Morgan fingerprint density at radius 3 is 2.53 bits per heavy atom. The number of carboxylic acids is 1. The van der Waals surface area contributed by atoms with Crippen LogP contribution in [-0.4, -0.2) is 30.6 Å². The van der Waals surface area contributed by atoms with Gasteiger partial charge in [0.15, 0.2) is 0 Å². The highest BCUT2D eigenvalue weighted by Crippen LogP contribution is 2.20. The minimum absolute atomic E-state index is 0.0780. The molecule has 0 aromatic heterocycles. The molecule has 0 unspecified atom stereocenters. The molecule has 19 heavy (non-hydrogen) atoms. The van der Waals surface area contributed by atoms with Crippen molar-refractivity contribution in [1.29, 1.82) is 0 Å². The molecule has 0 spiro atoms. The first kappa shape index (κ1) is 15.2. The molecule has 0 fully saturated rings. The molecular weight excluding hydrogens is 244 g/mol. The monoisotopic (exact) mass is 264 g/mol. The third-order valence-electron chi connectivity index (χ3n) is 2.96. The summed E-state index contributed by atoms with van der Waals surface area (Å²) in [5.74, 6) is -1.11. The number of unbranched alkanes of at least 4 members (excludes halogenated alkanes) is 2. The molecule has 5 nitrogen and oxygen atoms in total. The van der Waals surface area contributed by atoms with Crippen LogP contribution in [0, 0.1) is 0 Å². The van der Waals surface area contributed by atoms with Gasteiger partial charge in [0.05, 0.1) is 11.3 Å². The maximum Gasteiger partial charge on any atom is 0.337 e. The van der Waals surface area contributed by atoms with Crippen LogP contribution in [0.4, 0.5) is 5.69 Å². The first-order valence-electron chi connectivity index (χ1n) is 6.37. The van der Waals surface area contributed by atoms with E-state index in [1.807, 2.05) is 0 Å². The van der Waals surface area contributed by atoms with Crippen LogP contribution in [0.15, 0.2) is 24.3 Å². The number of para-hydroxylation sites is 1. The van der Waals surface area contributed by atoms with E-state index in [1.54, 1.807) is 25.2 Å². The van der Waals surface area contributed by atoms with Crippen molar-refractivity contribution in [1.82, 2.24) is 0 Å². The van der Waals surface area contributed by atoms with Gasteiger partial charge in [-0.1, -0.05) is 18.6 Å². The van der Waals surface area contributed by atoms with Crippen LogP contribution in [-0.2, 0) is 4.79 Å². The van der Waals surface area contributed by atoms with Gasteiger partial charge < -0.3 is 15.7 Å². The van der Waals surface area contributed by atoms with Crippen molar-refractivity contribution in [3.63, 3.8) is 0 Å². The second-order valence-corrected chi connectivity index (χ2v) is 4.37. The fourth-order valence-electron chi connectivity index (χ4n) is 1.85. The molecule has 5 heteroatoms. The summed E-state index contributed by atoms with van der Waals surface area (Å²) in [5.41, 5.74) is 5.96. The Labute approximate surface area is 113 Å². The maximum atomic E-state index is 12.0. The first-order valence-corrected chi connectivity index (χ1v) is 6.37. The molecule has 0 saturated heterocycles. The number of nitrogens with two attached hydrogens (primary N) is 1. The van der Waals surface area contributed by atoms with Crippen LogP contribution in [0.5, 0.6) is 0 Å². The quantitative estimate of drug-likeness (QED) is 0.736. The van der Waals surface area contributed by atoms with Crippen molar-refractivity contribution in [2.75, 3.05) is 18.5 Å². The van der Waals surface area contributed by atoms with E-state index in [0.717, 1.165) is 19.3 Å². The minimum atomic E-state index is -1.03. The highest BCUT2D eigenvalue weighted by Gasteiger charge is 2.17. The van der Waals surface area contributed by atoms with Gasteiger partial charge in [-0.2, -0.15) is 0 Å². The largest absolute Gasteiger partial charge is 0.478 e. The van der Waals surface area contributed by atoms with Gasteiger partial charge in [-0.15, -0.1) is 0 Å². The Morgan fingerprint density at radius 1 is 1.21 bits per heavy atom. The summed E-state index contributed by atoms with van der Waals surface area (Å²) in [5, 5.41) is 9.09. The highest BCUT2D eigenvalue weighted by atomic mass is 16.4. The van der Waals surface area contributed by atoms with Gasteiger partial charge in [-0.3, -0.25) is 4.79 Å². The second kappa shape index (κ2) is 7.53. The summed E-state index contributed by atoms with van der Waals surface area (Å²) in [6.07, 6.45) is 3.00. The predicted octanol–water partition coefficient (Wildman–Crippen LogP) is 1.87. The lowest BCUT2D eigenvalue weighted by molar-refractivity contribution is -0.118. The summed E-state index contributed by atoms with van der Waals surface area (Å²) in [7, 11) is 1.60. The molecule has 1 amide bonds. The van der Waals surface area contributed by atoms with E-state index < -0.39 is 5.97 Å². The van der Waals surface area contributed by atoms with Crippen molar-refractivity contribution in [3.05, 3.63) is 29.8 Å². The van der Waals surface area contributed by atoms with Crippen LogP contribution in [0.3, 0.4) is 0 Å². The lowest BCUT2D eigenvalue weighted by Gasteiger charge is -2.19. The molecule has 0 atom stereocenters. The Bertz CT molecular complexity index is 446. The Morgan fingerprint density at radius 2 is 1.89 bits per heavy atom. The summed E-state index contributed by atoms with van der Waals surface area (Å²) in [6, 6.07) is 6.50. The van der Waals surface area contributed by atoms with Crippen LogP contribution in [0.25, 0.3) is 0 Å². The molecule has 104 valence electrons. The molecule has 1 aromatic carbocycles. The van der Waals surface area contributed by atoms with E-state index in [-0.39, 0.29) is 11.5 Å². The Kier molecular flexibility index (Phi) is 6.02. The molecule has 0 saturated carbocycles. The lowest BCUT2D eigenvalue weighted by Crippen LogP contribution is -2.27. The molecular formula is C14H20N2O3. The zero-order chi connectivity index (χ0) is 14.3. The molecule has 0 aliphatic heterocycles. The SMILES string of the molecule is CN(C(=O)CCCCCN)c1ccccc1C(=O)O. The molecule has 0 aliphatic rings. The summed E-state index contributed by atoms with van der Waals surface area (Å²) in [6.45, 7) is 0.631. The molecule has 1 rings (SSSR count). The van der Waals surface area contributed by atoms with Gasteiger partial charge in [0.25, 0.3) is 0 Å². The molecule has 0 bridgehead atoms. The number of amides is 1. The number of hydrogen-bond acceptors (Lipinski definition) is 3. The van der Waals surface area contributed by atoms with E-state index in [4.69, 9.17) is 10.8 Å². The number of nitrogens with zero attached hydrogens (tertiary/aromatic N) is 1. The Hall–Kier alpha value is -1.88. The fraction of sp³-hybridized carbons (Fsp3) is 0.429. The van der Waals surface area contributed by atoms with Gasteiger partial charge in [0.1, 0.15) is 0 Å². The molecule has 0 aliphatic carbocycles. The average molecular weight is 264 g/mol. The van der Waals surface area contributed by atoms with Crippen molar-refractivity contribution in [2.24, 2.45) is 5.73 Å². The van der Waals surface area contributed by atoms with Crippen LogP contribution < -0.4 is 10.6 Å². The number of rotatable bonds is 7. The third kappa shape index (κ3) is 4.37. The zero-order valence-corrected chi connectivity index (χ0v) is 11.1. The van der Waals surface area contributed by atoms with Crippen molar-refractivity contribution in [3.8, 4) is 0 Å². The molecule has 0 heterocycles. The normalized spacial score (nSPS) is 10.2. The summed E-state index contributed by atoms with van der Waals surface area (Å²) in [4.78, 5) is 24.5. The minimum Gasteiger partial charge on any atom is -0.478 e. The van der Waals surface area contributed by atoms with Gasteiger partial charge in [-0.05, 0) is 31.5 Å². The predicted molar refractivity (Wildman–Crippen MR) is 74.3 cm³/mol. The molecule has 0 radical (unpaired) electrons. The van der Waals surface area contributed by atoms with Crippen LogP contribution in [0.1, 0.15) is 36.0 Å². The number of carboxylic acid groups (broad SMARTS) is 1. The molecule has 1 aromatic rings. The van der Waals surface area contributed by atoms with Crippen molar-refractivity contribution < 1.29 is 14.7 Å². The van der Waals surface area contributed by atoms with Gasteiger partial charge >= 0.3 is 5.97 Å². The van der Waals surface area contributed by atoms with Crippen molar-refractivity contribution in [2.45, 2.75) is 25.7 Å². The number of hydrogen-bond donors (Lipinski definition) is 2. The summed E-state index contributed by atoms with van der Waals surface area (Å²) < 4.78 is 0. The first-order chi connectivity index (χ1) is 9.07. The van der Waals surface area contributed by atoms with Crippen LogP contribution in [0.2, 0.25) is 0 Å². The van der Waals surface area contributed by atoms with E-state index in [1.165, 1.54) is 11.0 Å².